The van der Waals surface area contributed by atoms with Crippen molar-refractivity contribution in [2.24, 2.45) is 4.99 Å². The van der Waals surface area contributed by atoms with Gasteiger partial charge in [-0.25, -0.2) is 4.99 Å². The summed E-state index contributed by atoms with van der Waals surface area (Å²) in [7, 11) is 0. The highest BCUT2D eigenvalue weighted by Gasteiger charge is 2.53. The first-order valence-corrected chi connectivity index (χ1v) is 8.60. The first kappa shape index (κ1) is 14.1. The molecule has 1 atom stereocenters. The van der Waals surface area contributed by atoms with E-state index in [1.165, 1.54) is 11.3 Å². The minimum atomic E-state index is -1.49. The fourth-order valence-corrected chi connectivity index (χ4v) is 4.38. The predicted octanol–water partition coefficient (Wildman–Crippen LogP) is 3.69. The van der Waals surface area contributed by atoms with Gasteiger partial charge in [0, 0.05) is 28.0 Å². The van der Waals surface area contributed by atoms with Crippen LogP contribution in [0.4, 0.5) is 11.4 Å². The molecule has 2 aliphatic rings. The van der Waals surface area contributed by atoms with Gasteiger partial charge in [-0.2, -0.15) is 0 Å². The molecule has 4 rings (SSSR count). The normalized spacial score (nSPS) is 23.3. The number of benzene rings is 1. The lowest BCUT2D eigenvalue weighted by molar-refractivity contribution is 0.0607. The van der Waals surface area contributed by atoms with Crippen LogP contribution in [0.15, 0.2) is 39.8 Å². The summed E-state index contributed by atoms with van der Waals surface area (Å²) in [6.45, 7) is 2.52. The van der Waals surface area contributed by atoms with Crippen LogP contribution >= 0.6 is 27.3 Å². The summed E-state index contributed by atoms with van der Waals surface area (Å²) < 4.78 is 0.954. The van der Waals surface area contributed by atoms with Gasteiger partial charge in [0.25, 0.3) is 0 Å². The van der Waals surface area contributed by atoms with E-state index in [9.17, 15) is 9.90 Å². The first-order valence-electron chi connectivity index (χ1n) is 6.99. The zero-order valence-corrected chi connectivity index (χ0v) is 14.2. The number of aliphatic imine (C=N–C) groups is 1. The van der Waals surface area contributed by atoms with Crippen molar-refractivity contribution in [3.63, 3.8) is 0 Å². The Hall–Kier alpha value is -1.50. The van der Waals surface area contributed by atoms with Gasteiger partial charge in [0.2, 0.25) is 5.78 Å². The minimum absolute atomic E-state index is 0.219. The van der Waals surface area contributed by atoms with E-state index in [1.54, 1.807) is 0 Å². The van der Waals surface area contributed by atoms with Crippen LogP contribution in [-0.2, 0) is 0 Å². The number of thiophene rings is 1. The van der Waals surface area contributed by atoms with E-state index >= 15 is 0 Å². The average molecular weight is 377 g/mol. The van der Waals surface area contributed by atoms with Crippen molar-refractivity contribution >= 4 is 50.3 Å². The highest BCUT2D eigenvalue weighted by atomic mass is 79.9. The lowest BCUT2D eigenvalue weighted by atomic mass is 9.92. The van der Waals surface area contributed by atoms with Gasteiger partial charge in [-0.3, -0.25) is 4.79 Å². The van der Waals surface area contributed by atoms with Gasteiger partial charge in [-0.15, -0.1) is 11.3 Å². The lowest BCUT2D eigenvalue weighted by Gasteiger charge is -2.28. The van der Waals surface area contributed by atoms with Gasteiger partial charge >= 0.3 is 0 Å². The third-order valence-electron chi connectivity index (χ3n) is 4.09. The molecular formula is C16H13BrN2O2S. The summed E-state index contributed by atoms with van der Waals surface area (Å²) in [5.41, 5.74) is 0.105. The number of fused-ring (bicyclic) bond motifs is 2. The number of anilines is 1. The third-order valence-corrected chi connectivity index (χ3v) is 5.62. The Kier molecular flexibility index (Phi) is 3.04. The molecule has 2 aromatic rings. The van der Waals surface area contributed by atoms with Crippen LogP contribution in [0.3, 0.4) is 0 Å². The average Bonchev–Trinajstić information content (AvgIpc) is 3.01. The van der Waals surface area contributed by atoms with Crippen molar-refractivity contribution in [3.05, 3.63) is 44.6 Å². The maximum atomic E-state index is 12.7. The fraction of sp³-hybridized carbons (Fsp3) is 0.250. The maximum absolute atomic E-state index is 12.7. The van der Waals surface area contributed by atoms with Gasteiger partial charge in [0.05, 0.1) is 10.6 Å². The number of halogens is 1. The second kappa shape index (κ2) is 4.75. The zero-order valence-electron chi connectivity index (χ0n) is 11.8. The smallest absolute Gasteiger partial charge is 0.214 e. The Labute approximate surface area is 140 Å². The van der Waals surface area contributed by atoms with Gasteiger partial charge in [0.15, 0.2) is 5.60 Å². The van der Waals surface area contributed by atoms with E-state index in [2.05, 4.69) is 20.9 Å². The number of carbonyl (C=O) groups excluding carboxylic acids is 1. The van der Waals surface area contributed by atoms with E-state index < -0.39 is 5.60 Å². The number of amidine groups is 1. The molecule has 1 aromatic carbocycles. The van der Waals surface area contributed by atoms with Crippen LogP contribution in [0.5, 0.6) is 0 Å². The molecule has 22 heavy (non-hydrogen) atoms. The SMILES string of the molecule is Cc1cc2c(s1)C(=O)[C@]1(O)CCN(c3cccc(Br)c3)C1=N2. The molecule has 6 heteroatoms. The Morgan fingerprint density at radius 1 is 1.41 bits per heavy atom. The van der Waals surface area contributed by atoms with Crippen LogP contribution in [0.1, 0.15) is 21.0 Å². The number of nitrogens with zero attached hydrogens (tertiary/aromatic N) is 2. The standard InChI is InChI=1S/C16H13BrN2O2S/c1-9-7-12-13(22-9)14(20)16(21)5-6-19(15(16)18-12)11-4-2-3-10(17)8-11/h2-4,7-8,21H,5-6H2,1H3/t16-/m1/s1. The number of aliphatic hydroxyl groups is 1. The molecular weight excluding hydrogens is 364 g/mol. The summed E-state index contributed by atoms with van der Waals surface area (Å²) >= 11 is 4.86. The second-order valence-corrected chi connectivity index (χ2v) is 7.75. The molecule has 112 valence electrons. The van der Waals surface area contributed by atoms with Gasteiger partial charge in [0.1, 0.15) is 5.84 Å². The van der Waals surface area contributed by atoms with E-state index in [-0.39, 0.29) is 5.78 Å². The third kappa shape index (κ3) is 1.91. The van der Waals surface area contributed by atoms with E-state index in [0.717, 1.165) is 15.0 Å². The molecule has 1 fully saturated rings. The first-order chi connectivity index (χ1) is 10.5. The summed E-state index contributed by atoms with van der Waals surface area (Å²) in [6.07, 6.45) is 0.369. The molecule has 0 aliphatic carbocycles. The van der Waals surface area contributed by atoms with E-state index in [0.29, 0.717) is 29.4 Å². The highest BCUT2D eigenvalue weighted by molar-refractivity contribution is 9.10. The monoisotopic (exact) mass is 376 g/mol. The van der Waals surface area contributed by atoms with Crippen LogP contribution in [0, 0.1) is 6.92 Å². The summed E-state index contributed by atoms with van der Waals surface area (Å²) in [6, 6.07) is 9.70. The number of ketones is 1. The Bertz CT molecular complexity index is 829. The molecule has 1 saturated heterocycles. The number of Topliss-reactive ketones (excluding diaryl/α,β-unsaturated/α-hetero) is 1. The molecule has 0 bridgehead atoms. The van der Waals surface area contributed by atoms with Crippen LogP contribution in [-0.4, -0.2) is 28.9 Å². The largest absolute Gasteiger partial charge is 0.374 e. The van der Waals surface area contributed by atoms with Crippen LogP contribution in [0.25, 0.3) is 0 Å². The predicted molar refractivity (Wildman–Crippen MR) is 91.5 cm³/mol. The molecule has 3 heterocycles. The Morgan fingerprint density at radius 3 is 3.00 bits per heavy atom. The summed E-state index contributed by atoms with van der Waals surface area (Å²) in [5, 5.41) is 10.9. The van der Waals surface area contributed by atoms with Crippen LogP contribution in [0.2, 0.25) is 0 Å². The van der Waals surface area contributed by atoms with Crippen LogP contribution < -0.4 is 4.90 Å². The van der Waals surface area contributed by atoms with Gasteiger partial charge in [-0.1, -0.05) is 22.0 Å². The lowest BCUT2D eigenvalue weighted by Crippen LogP contribution is -2.48. The van der Waals surface area contributed by atoms with E-state index in [1.807, 2.05) is 42.2 Å². The molecule has 1 N–H and O–H groups in total. The Morgan fingerprint density at radius 2 is 2.23 bits per heavy atom. The quantitative estimate of drug-likeness (QED) is 0.825. The number of hydrogen-bond donors (Lipinski definition) is 1. The molecule has 0 saturated carbocycles. The van der Waals surface area contributed by atoms with Crippen molar-refractivity contribution in [2.45, 2.75) is 18.9 Å². The van der Waals surface area contributed by atoms with E-state index in [4.69, 9.17) is 0 Å². The second-order valence-electron chi connectivity index (χ2n) is 5.58. The van der Waals surface area contributed by atoms with Gasteiger partial charge in [-0.05, 0) is 31.2 Å². The maximum Gasteiger partial charge on any atom is 0.214 e. The van der Waals surface area contributed by atoms with Crippen molar-refractivity contribution in [3.8, 4) is 0 Å². The molecule has 0 radical (unpaired) electrons. The fourth-order valence-electron chi connectivity index (χ4n) is 3.03. The number of hydrogen-bond acceptors (Lipinski definition) is 5. The number of carbonyl (C=O) groups is 1. The highest BCUT2D eigenvalue weighted by Crippen LogP contribution is 2.42. The van der Waals surface area contributed by atoms with Crippen molar-refractivity contribution in [2.75, 3.05) is 11.4 Å². The summed E-state index contributed by atoms with van der Waals surface area (Å²) in [4.78, 5) is 20.9. The topological polar surface area (TPSA) is 52.9 Å². The number of rotatable bonds is 1. The van der Waals surface area contributed by atoms with Gasteiger partial charge < -0.3 is 10.0 Å². The molecule has 4 nitrogen and oxygen atoms in total. The number of aryl methyl sites for hydroxylation is 1. The van der Waals surface area contributed by atoms with Crippen molar-refractivity contribution < 1.29 is 9.90 Å². The van der Waals surface area contributed by atoms with Crippen molar-refractivity contribution in [1.82, 2.24) is 0 Å². The Balaban J connectivity index is 1.87. The summed E-state index contributed by atoms with van der Waals surface area (Å²) in [5.74, 6) is 0.226. The minimum Gasteiger partial charge on any atom is -0.374 e. The molecule has 1 aromatic heterocycles. The van der Waals surface area contributed by atoms with Crippen molar-refractivity contribution in [1.29, 1.82) is 0 Å². The molecule has 2 aliphatic heterocycles. The molecule has 0 amide bonds. The molecule has 0 spiro atoms. The zero-order chi connectivity index (χ0) is 15.5. The molecule has 0 unspecified atom stereocenters.